The molecule has 2 aromatic carbocycles. The van der Waals surface area contributed by atoms with Gasteiger partial charge in [0.1, 0.15) is 12.4 Å². The molecule has 3 aromatic rings. The molecule has 1 heterocycles. The van der Waals surface area contributed by atoms with Gasteiger partial charge in [-0.25, -0.2) is 4.98 Å². The first-order valence-electron chi connectivity index (χ1n) is 10.2. The average molecular weight is 471 g/mol. The van der Waals surface area contributed by atoms with E-state index >= 15 is 0 Å². The van der Waals surface area contributed by atoms with Gasteiger partial charge < -0.3 is 14.8 Å². The Kier molecular flexibility index (Phi) is 7.26. The average Bonchev–Trinajstić information content (AvgIpc) is 3.11. The molecule has 0 saturated heterocycles. The molecule has 0 aliphatic heterocycles. The zero-order valence-electron chi connectivity index (χ0n) is 17.6. The lowest BCUT2D eigenvalue weighted by molar-refractivity contribution is -0.130. The van der Waals surface area contributed by atoms with E-state index in [1.165, 1.54) is 0 Å². The minimum absolute atomic E-state index is 0.0271. The second-order valence-electron chi connectivity index (χ2n) is 7.42. The molecule has 1 atom stereocenters. The highest BCUT2D eigenvalue weighted by Gasteiger charge is 2.21. The number of carbonyl (C=O) groups is 2. The molecule has 1 N–H and O–H groups in total. The fraction of sp³-hybridized carbons (Fsp3) is 0.348. The van der Waals surface area contributed by atoms with Crippen LogP contribution in [0.5, 0.6) is 0 Å². The quantitative estimate of drug-likeness (QED) is 0.524. The highest BCUT2D eigenvalue weighted by molar-refractivity contribution is 9.10. The number of likely N-dealkylation sites (N-methyl/N-ethyl adjacent to an activating group) is 1. The SMILES string of the molecule is CCCCN(C)C(=O)Cn1c(C(C)NC(=O)c2ccc(Br)cc2)nc2ccccc21. The Morgan fingerprint density at radius 1 is 1.17 bits per heavy atom. The Morgan fingerprint density at radius 2 is 1.87 bits per heavy atom. The van der Waals surface area contributed by atoms with E-state index < -0.39 is 0 Å². The third-order valence-electron chi connectivity index (χ3n) is 5.09. The molecule has 158 valence electrons. The van der Waals surface area contributed by atoms with Crippen molar-refractivity contribution in [2.45, 2.75) is 39.3 Å². The normalized spacial score (nSPS) is 12.0. The van der Waals surface area contributed by atoms with Crippen molar-refractivity contribution >= 4 is 38.8 Å². The van der Waals surface area contributed by atoms with Crippen molar-refractivity contribution in [3.8, 4) is 0 Å². The molecular weight excluding hydrogens is 444 g/mol. The molecule has 1 aromatic heterocycles. The van der Waals surface area contributed by atoms with Crippen LogP contribution in [0.4, 0.5) is 0 Å². The maximum absolute atomic E-state index is 12.8. The van der Waals surface area contributed by atoms with Crippen LogP contribution in [0, 0.1) is 0 Å². The van der Waals surface area contributed by atoms with Crippen molar-refractivity contribution in [3.63, 3.8) is 0 Å². The summed E-state index contributed by atoms with van der Waals surface area (Å²) in [6, 6.07) is 14.6. The Labute approximate surface area is 185 Å². The van der Waals surface area contributed by atoms with Gasteiger partial charge in [-0.2, -0.15) is 0 Å². The van der Waals surface area contributed by atoms with Crippen LogP contribution in [0.15, 0.2) is 53.0 Å². The summed E-state index contributed by atoms with van der Waals surface area (Å²) in [4.78, 5) is 31.9. The number of carbonyl (C=O) groups excluding carboxylic acids is 2. The van der Waals surface area contributed by atoms with Gasteiger partial charge in [-0.05, 0) is 49.7 Å². The van der Waals surface area contributed by atoms with E-state index in [1.807, 2.05) is 54.9 Å². The van der Waals surface area contributed by atoms with E-state index in [0.29, 0.717) is 11.4 Å². The van der Waals surface area contributed by atoms with E-state index in [2.05, 4.69) is 28.2 Å². The maximum Gasteiger partial charge on any atom is 0.251 e. The number of nitrogens with zero attached hydrogens (tertiary/aromatic N) is 3. The molecule has 0 aliphatic rings. The fourth-order valence-corrected chi connectivity index (χ4v) is 3.58. The summed E-state index contributed by atoms with van der Waals surface area (Å²) in [6.45, 7) is 4.91. The summed E-state index contributed by atoms with van der Waals surface area (Å²) >= 11 is 3.38. The van der Waals surface area contributed by atoms with Crippen LogP contribution in [0.25, 0.3) is 11.0 Å². The van der Waals surface area contributed by atoms with Gasteiger partial charge in [0.15, 0.2) is 0 Å². The van der Waals surface area contributed by atoms with Gasteiger partial charge >= 0.3 is 0 Å². The summed E-state index contributed by atoms with van der Waals surface area (Å²) in [5.41, 5.74) is 2.26. The van der Waals surface area contributed by atoms with Crippen LogP contribution < -0.4 is 5.32 Å². The lowest BCUT2D eigenvalue weighted by Gasteiger charge is -2.20. The molecule has 2 amide bonds. The first-order valence-corrected chi connectivity index (χ1v) is 11.0. The predicted octanol–water partition coefficient (Wildman–Crippen LogP) is 4.55. The zero-order valence-corrected chi connectivity index (χ0v) is 19.1. The van der Waals surface area contributed by atoms with Gasteiger partial charge in [0.2, 0.25) is 5.91 Å². The first kappa shape index (κ1) is 22.0. The van der Waals surface area contributed by atoms with Crippen LogP contribution in [0.2, 0.25) is 0 Å². The number of hydrogen-bond acceptors (Lipinski definition) is 3. The van der Waals surface area contributed by atoms with Crippen LogP contribution in [0.3, 0.4) is 0 Å². The summed E-state index contributed by atoms with van der Waals surface area (Å²) in [7, 11) is 1.83. The summed E-state index contributed by atoms with van der Waals surface area (Å²) in [5.74, 6) is 0.512. The minimum Gasteiger partial charge on any atom is -0.344 e. The molecule has 0 spiro atoms. The Balaban J connectivity index is 1.85. The second kappa shape index (κ2) is 9.89. The topological polar surface area (TPSA) is 67.2 Å². The van der Waals surface area contributed by atoms with Gasteiger partial charge in [0.25, 0.3) is 5.91 Å². The highest BCUT2D eigenvalue weighted by atomic mass is 79.9. The lowest BCUT2D eigenvalue weighted by Crippen LogP contribution is -2.33. The third-order valence-corrected chi connectivity index (χ3v) is 5.62. The number of unbranched alkanes of at least 4 members (excludes halogenated alkanes) is 1. The number of hydrogen-bond donors (Lipinski definition) is 1. The molecule has 7 heteroatoms. The van der Waals surface area contributed by atoms with E-state index in [1.54, 1.807) is 17.0 Å². The Morgan fingerprint density at radius 3 is 2.57 bits per heavy atom. The number of nitrogens with one attached hydrogen (secondary N) is 1. The molecule has 0 bridgehead atoms. The van der Waals surface area contributed by atoms with Crippen LogP contribution >= 0.6 is 15.9 Å². The Hall–Kier alpha value is -2.67. The molecule has 30 heavy (non-hydrogen) atoms. The van der Waals surface area contributed by atoms with E-state index in [-0.39, 0.29) is 24.4 Å². The van der Waals surface area contributed by atoms with Crippen LogP contribution in [-0.2, 0) is 11.3 Å². The molecule has 0 fully saturated rings. The van der Waals surface area contributed by atoms with E-state index in [0.717, 1.165) is 34.9 Å². The first-order chi connectivity index (χ1) is 14.4. The van der Waals surface area contributed by atoms with Crippen molar-refractivity contribution in [2.75, 3.05) is 13.6 Å². The standard InChI is InChI=1S/C23H27BrN4O2/c1-4-5-14-27(3)21(29)15-28-20-9-7-6-8-19(20)26-22(28)16(2)25-23(30)17-10-12-18(24)13-11-17/h6-13,16H,4-5,14-15H2,1-3H3,(H,25,30). The second-order valence-corrected chi connectivity index (χ2v) is 8.33. The molecule has 1 unspecified atom stereocenters. The zero-order chi connectivity index (χ0) is 21.7. The van der Waals surface area contributed by atoms with Crippen molar-refractivity contribution in [2.24, 2.45) is 0 Å². The van der Waals surface area contributed by atoms with Gasteiger partial charge in [-0.3, -0.25) is 9.59 Å². The number of fused-ring (bicyclic) bond motifs is 1. The third kappa shape index (κ3) is 5.08. The monoisotopic (exact) mass is 470 g/mol. The highest BCUT2D eigenvalue weighted by Crippen LogP contribution is 2.22. The Bertz CT molecular complexity index is 1030. The van der Waals surface area contributed by atoms with E-state index in [4.69, 9.17) is 4.98 Å². The van der Waals surface area contributed by atoms with Gasteiger partial charge in [0.05, 0.1) is 17.1 Å². The van der Waals surface area contributed by atoms with E-state index in [9.17, 15) is 9.59 Å². The van der Waals surface area contributed by atoms with Gasteiger partial charge in [-0.15, -0.1) is 0 Å². The number of halogens is 1. The minimum atomic E-state index is -0.359. The number of benzene rings is 2. The molecule has 0 saturated carbocycles. The van der Waals surface area contributed by atoms with Crippen molar-refractivity contribution in [1.82, 2.24) is 19.8 Å². The molecule has 0 radical (unpaired) electrons. The van der Waals surface area contributed by atoms with Crippen molar-refractivity contribution < 1.29 is 9.59 Å². The van der Waals surface area contributed by atoms with Crippen molar-refractivity contribution in [1.29, 1.82) is 0 Å². The number of imidazole rings is 1. The predicted molar refractivity (Wildman–Crippen MR) is 122 cm³/mol. The summed E-state index contributed by atoms with van der Waals surface area (Å²) in [6.07, 6.45) is 2.01. The summed E-state index contributed by atoms with van der Waals surface area (Å²) < 4.78 is 2.83. The van der Waals surface area contributed by atoms with Crippen molar-refractivity contribution in [3.05, 3.63) is 64.4 Å². The number of amides is 2. The smallest absolute Gasteiger partial charge is 0.251 e. The molecule has 0 aliphatic carbocycles. The summed E-state index contributed by atoms with van der Waals surface area (Å²) in [5, 5.41) is 3.01. The maximum atomic E-state index is 12.8. The molecule has 6 nitrogen and oxygen atoms in total. The van der Waals surface area contributed by atoms with Gasteiger partial charge in [-0.1, -0.05) is 41.4 Å². The number of para-hydroxylation sites is 2. The fourth-order valence-electron chi connectivity index (χ4n) is 3.31. The van der Waals surface area contributed by atoms with Crippen LogP contribution in [-0.4, -0.2) is 39.9 Å². The lowest BCUT2D eigenvalue weighted by atomic mass is 10.2. The number of aromatic nitrogens is 2. The number of rotatable bonds is 8. The largest absolute Gasteiger partial charge is 0.344 e. The van der Waals surface area contributed by atoms with Gasteiger partial charge in [0, 0.05) is 23.6 Å². The van der Waals surface area contributed by atoms with Crippen LogP contribution in [0.1, 0.15) is 48.9 Å². The molecular formula is C23H27BrN4O2. The molecule has 3 rings (SSSR count).